The fourth-order valence-electron chi connectivity index (χ4n) is 3.73. The maximum Gasteiger partial charge on any atom is 0.205 e. The fourth-order valence-corrected chi connectivity index (χ4v) is 3.73. The van der Waals surface area contributed by atoms with Gasteiger partial charge in [-0.15, -0.1) is 0 Å². The Kier molecular flexibility index (Phi) is 21.1. The van der Waals surface area contributed by atoms with Crippen molar-refractivity contribution in [3.05, 3.63) is 10.1 Å². The van der Waals surface area contributed by atoms with E-state index in [1.165, 1.54) is 103 Å². The highest BCUT2D eigenvalue weighted by molar-refractivity contribution is 4.56. The molecule has 0 saturated carbocycles. The van der Waals surface area contributed by atoms with E-state index < -0.39 is 0 Å². The van der Waals surface area contributed by atoms with Gasteiger partial charge in [0.15, 0.2) is 0 Å². The molecule has 0 unspecified atom stereocenters. The van der Waals surface area contributed by atoms with E-state index in [9.17, 15) is 10.1 Å². The minimum atomic E-state index is -0.206. The van der Waals surface area contributed by atoms with Gasteiger partial charge in [0.2, 0.25) is 6.54 Å². The molecule has 0 rings (SSSR count). The van der Waals surface area contributed by atoms with Crippen molar-refractivity contribution in [3.8, 4) is 0 Å². The number of unbranched alkanes of at least 4 members (excludes halogenated alkanes) is 15. The molecule has 0 aromatic heterocycles. The van der Waals surface area contributed by atoms with Gasteiger partial charge in [0.25, 0.3) is 0 Å². The minimum Gasteiger partial charge on any atom is -0.303 e. The van der Waals surface area contributed by atoms with Crippen molar-refractivity contribution in [2.24, 2.45) is 0 Å². The van der Waals surface area contributed by atoms with Crippen molar-refractivity contribution in [3.63, 3.8) is 0 Å². The van der Waals surface area contributed by atoms with Crippen LogP contribution in [0.4, 0.5) is 0 Å². The predicted molar refractivity (Wildman–Crippen MR) is 118 cm³/mol. The lowest BCUT2D eigenvalue weighted by atomic mass is 10.0. The standard InChI is InChI=1S/C23H48N2O2/c1-3-5-6-7-8-9-10-11-12-13-14-15-16-17-18-19-21-24(4-2)22-20-23-25(26)27/h3-23H2,1-2H3. The Hall–Kier alpha value is -0.640. The molecule has 27 heavy (non-hydrogen) atoms. The van der Waals surface area contributed by atoms with E-state index in [2.05, 4.69) is 18.7 Å². The summed E-state index contributed by atoms with van der Waals surface area (Å²) in [7, 11) is 0. The van der Waals surface area contributed by atoms with Crippen LogP contribution in [0.3, 0.4) is 0 Å². The molecule has 4 nitrogen and oxygen atoms in total. The number of hydrogen-bond acceptors (Lipinski definition) is 3. The fraction of sp³-hybridized carbons (Fsp3) is 1.00. The molecule has 0 bridgehead atoms. The maximum atomic E-state index is 10.4. The smallest absolute Gasteiger partial charge is 0.205 e. The zero-order valence-electron chi connectivity index (χ0n) is 18.6. The van der Waals surface area contributed by atoms with E-state index in [0.29, 0.717) is 6.42 Å². The monoisotopic (exact) mass is 384 g/mol. The first-order valence-corrected chi connectivity index (χ1v) is 12.0. The number of hydrogen-bond donors (Lipinski definition) is 0. The van der Waals surface area contributed by atoms with E-state index in [1.54, 1.807) is 0 Å². The van der Waals surface area contributed by atoms with Crippen LogP contribution < -0.4 is 0 Å². The Balaban J connectivity index is 3.20. The first-order valence-electron chi connectivity index (χ1n) is 12.0. The van der Waals surface area contributed by atoms with Gasteiger partial charge in [-0.3, -0.25) is 10.1 Å². The summed E-state index contributed by atoms with van der Waals surface area (Å²) < 4.78 is 0. The molecule has 0 atom stereocenters. The normalized spacial score (nSPS) is 11.4. The van der Waals surface area contributed by atoms with Crippen molar-refractivity contribution in [2.75, 3.05) is 26.2 Å². The summed E-state index contributed by atoms with van der Waals surface area (Å²) >= 11 is 0. The Labute approximate surface area is 169 Å². The zero-order valence-corrected chi connectivity index (χ0v) is 18.6. The molecule has 0 aliphatic carbocycles. The average molecular weight is 385 g/mol. The SMILES string of the molecule is CCCCCCCCCCCCCCCCCCN(CC)CCC[N+](=O)[O-]. The summed E-state index contributed by atoms with van der Waals surface area (Å²) in [6.07, 6.45) is 23.1. The maximum absolute atomic E-state index is 10.4. The molecule has 0 saturated heterocycles. The molecule has 0 fully saturated rings. The lowest BCUT2D eigenvalue weighted by Gasteiger charge is -2.19. The quantitative estimate of drug-likeness (QED) is 0.112. The third-order valence-corrected chi connectivity index (χ3v) is 5.59. The van der Waals surface area contributed by atoms with Gasteiger partial charge >= 0.3 is 0 Å². The summed E-state index contributed by atoms with van der Waals surface area (Å²) in [4.78, 5) is 12.5. The number of nitro groups is 1. The number of nitrogens with zero attached hydrogens (tertiary/aromatic N) is 2. The van der Waals surface area contributed by atoms with E-state index in [0.717, 1.165) is 19.6 Å². The van der Waals surface area contributed by atoms with Gasteiger partial charge < -0.3 is 4.90 Å². The molecule has 162 valence electrons. The molecule has 0 N–H and O–H groups in total. The van der Waals surface area contributed by atoms with Crippen molar-refractivity contribution >= 4 is 0 Å². The molecule has 0 aliphatic rings. The average Bonchev–Trinajstić information content (AvgIpc) is 2.66. The van der Waals surface area contributed by atoms with Crippen LogP contribution in [0, 0.1) is 10.1 Å². The van der Waals surface area contributed by atoms with Gasteiger partial charge in [-0.2, -0.15) is 0 Å². The second-order valence-corrected chi connectivity index (χ2v) is 8.15. The van der Waals surface area contributed by atoms with Gasteiger partial charge in [-0.25, -0.2) is 0 Å². The first-order chi connectivity index (χ1) is 13.2. The van der Waals surface area contributed by atoms with E-state index in [1.807, 2.05) is 0 Å². The molecule has 0 spiro atoms. The van der Waals surface area contributed by atoms with Crippen molar-refractivity contribution in [2.45, 2.75) is 123 Å². The summed E-state index contributed by atoms with van der Waals surface area (Å²) in [5.74, 6) is 0. The second kappa shape index (κ2) is 21.7. The molecular formula is C23H48N2O2. The third-order valence-electron chi connectivity index (χ3n) is 5.59. The van der Waals surface area contributed by atoms with Crippen LogP contribution in [0.25, 0.3) is 0 Å². The molecule has 4 heteroatoms. The molecule has 0 aromatic rings. The highest BCUT2D eigenvalue weighted by Gasteiger charge is 2.04. The van der Waals surface area contributed by atoms with Gasteiger partial charge in [0.1, 0.15) is 0 Å². The van der Waals surface area contributed by atoms with Crippen LogP contribution in [0.5, 0.6) is 0 Å². The lowest BCUT2D eigenvalue weighted by molar-refractivity contribution is -0.480. The summed E-state index contributed by atoms with van der Waals surface area (Å²) in [6.45, 7) is 7.53. The Morgan fingerprint density at radius 1 is 0.593 bits per heavy atom. The zero-order chi connectivity index (χ0) is 20.0. The van der Waals surface area contributed by atoms with E-state index in [-0.39, 0.29) is 11.5 Å². The molecule has 0 aliphatic heterocycles. The van der Waals surface area contributed by atoms with Gasteiger partial charge in [-0.05, 0) is 19.5 Å². The van der Waals surface area contributed by atoms with Gasteiger partial charge in [0.05, 0.1) is 0 Å². The van der Waals surface area contributed by atoms with Crippen LogP contribution in [-0.4, -0.2) is 36.0 Å². The van der Waals surface area contributed by atoms with E-state index >= 15 is 0 Å². The predicted octanol–water partition coefficient (Wildman–Crippen LogP) is 7.24. The first kappa shape index (κ1) is 26.4. The Morgan fingerprint density at radius 2 is 0.963 bits per heavy atom. The van der Waals surface area contributed by atoms with Crippen LogP contribution in [0.1, 0.15) is 123 Å². The molecular weight excluding hydrogens is 336 g/mol. The Morgan fingerprint density at radius 3 is 1.33 bits per heavy atom. The molecule has 0 heterocycles. The topological polar surface area (TPSA) is 46.4 Å². The van der Waals surface area contributed by atoms with Crippen LogP contribution >= 0.6 is 0 Å². The largest absolute Gasteiger partial charge is 0.303 e. The van der Waals surface area contributed by atoms with Gasteiger partial charge in [-0.1, -0.05) is 110 Å². The van der Waals surface area contributed by atoms with Crippen molar-refractivity contribution in [1.82, 2.24) is 4.90 Å². The summed E-state index contributed by atoms with van der Waals surface area (Å²) in [5.41, 5.74) is 0. The highest BCUT2D eigenvalue weighted by Crippen LogP contribution is 2.13. The summed E-state index contributed by atoms with van der Waals surface area (Å²) in [5, 5.41) is 10.4. The van der Waals surface area contributed by atoms with Crippen molar-refractivity contribution in [1.29, 1.82) is 0 Å². The molecule has 0 aromatic carbocycles. The molecule has 0 amide bonds. The molecule has 0 radical (unpaired) electrons. The third kappa shape index (κ3) is 21.5. The lowest BCUT2D eigenvalue weighted by Crippen LogP contribution is -2.27. The number of rotatable bonds is 22. The van der Waals surface area contributed by atoms with E-state index in [4.69, 9.17) is 0 Å². The van der Waals surface area contributed by atoms with Crippen LogP contribution in [0.15, 0.2) is 0 Å². The van der Waals surface area contributed by atoms with Crippen molar-refractivity contribution < 1.29 is 4.92 Å². The summed E-state index contributed by atoms with van der Waals surface area (Å²) in [6, 6.07) is 0. The minimum absolute atomic E-state index is 0.107. The second-order valence-electron chi connectivity index (χ2n) is 8.15. The van der Waals surface area contributed by atoms with Gasteiger partial charge in [0, 0.05) is 17.9 Å². The van der Waals surface area contributed by atoms with Crippen LogP contribution in [0.2, 0.25) is 0 Å². The Bertz CT molecular complexity index is 311. The van der Waals surface area contributed by atoms with Crippen LogP contribution in [-0.2, 0) is 0 Å². The highest BCUT2D eigenvalue weighted by atomic mass is 16.6.